The number of nitrogens with zero attached hydrogens (tertiary/aromatic N) is 1. The Bertz CT molecular complexity index is 1050. The topological polar surface area (TPSA) is 66.6 Å². The molecule has 1 amide bonds. The monoisotopic (exact) mass is 442 g/mol. The summed E-state index contributed by atoms with van der Waals surface area (Å²) in [6, 6.07) is 26.9. The average molecular weight is 443 g/mol. The molecule has 0 saturated carbocycles. The minimum absolute atomic E-state index is 0.177. The third kappa shape index (κ3) is 5.89. The van der Waals surface area contributed by atoms with Gasteiger partial charge in [0.2, 0.25) is 5.91 Å². The molecule has 0 spiro atoms. The van der Waals surface area contributed by atoms with E-state index >= 15 is 0 Å². The number of carbonyl (C=O) groups is 1. The van der Waals surface area contributed by atoms with Crippen LogP contribution in [0.2, 0.25) is 0 Å². The van der Waals surface area contributed by atoms with E-state index in [1.165, 1.54) is 5.56 Å². The van der Waals surface area contributed by atoms with Gasteiger partial charge in [-0.15, -0.1) is 0 Å². The lowest BCUT2D eigenvalue weighted by Gasteiger charge is -2.38. The molecule has 3 N–H and O–H groups in total. The van der Waals surface area contributed by atoms with Crippen LogP contribution in [0, 0.1) is 0 Å². The first-order chi connectivity index (χ1) is 16.0. The van der Waals surface area contributed by atoms with Crippen molar-refractivity contribution in [1.29, 1.82) is 0 Å². The van der Waals surface area contributed by atoms with Crippen LogP contribution in [-0.4, -0.2) is 34.6 Å². The van der Waals surface area contributed by atoms with Crippen LogP contribution in [0.1, 0.15) is 48.8 Å². The number of aliphatic hydroxyl groups is 1. The standard InChI is InChI=1S/C29H34N2O2/c1-22(25-7-3-2-4-8-25)18-28(32)31-16-14-29(33,15-17-31)20-24-6-5-9-27(19-24)26-12-10-23(21-30)11-13-26/h2-13,19,22,33H,14-18,20-21,30H2,1H3. The first-order valence-corrected chi connectivity index (χ1v) is 11.9. The van der Waals surface area contributed by atoms with Gasteiger partial charge in [0.15, 0.2) is 0 Å². The normalized spacial score (nSPS) is 16.4. The van der Waals surface area contributed by atoms with Gasteiger partial charge in [-0.3, -0.25) is 4.79 Å². The van der Waals surface area contributed by atoms with Crippen LogP contribution >= 0.6 is 0 Å². The average Bonchev–Trinajstić information content (AvgIpc) is 2.85. The smallest absolute Gasteiger partial charge is 0.223 e. The molecule has 0 radical (unpaired) electrons. The molecule has 1 unspecified atom stereocenters. The SMILES string of the molecule is CC(CC(=O)N1CCC(O)(Cc2cccc(-c3ccc(CN)cc3)c2)CC1)c1ccccc1. The molecule has 33 heavy (non-hydrogen) atoms. The van der Waals surface area contributed by atoms with Crippen LogP contribution in [0.4, 0.5) is 0 Å². The molecule has 3 aromatic rings. The van der Waals surface area contributed by atoms with Gasteiger partial charge in [-0.05, 0) is 46.6 Å². The number of hydrogen-bond acceptors (Lipinski definition) is 3. The number of amides is 1. The molecule has 1 aliphatic rings. The highest BCUT2D eigenvalue weighted by atomic mass is 16.3. The molecule has 1 aliphatic heterocycles. The van der Waals surface area contributed by atoms with E-state index in [4.69, 9.17) is 5.73 Å². The van der Waals surface area contributed by atoms with Crippen molar-refractivity contribution in [2.24, 2.45) is 5.73 Å². The van der Waals surface area contributed by atoms with Crippen LogP contribution in [0.5, 0.6) is 0 Å². The van der Waals surface area contributed by atoms with Gasteiger partial charge < -0.3 is 15.7 Å². The maximum atomic E-state index is 12.8. The highest BCUT2D eigenvalue weighted by Crippen LogP contribution is 2.30. The molecule has 3 aromatic carbocycles. The van der Waals surface area contributed by atoms with Crippen molar-refractivity contribution in [2.45, 2.75) is 50.7 Å². The van der Waals surface area contributed by atoms with Gasteiger partial charge in [-0.2, -0.15) is 0 Å². The predicted octanol–water partition coefficient (Wildman–Crippen LogP) is 4.90. The van der Waals surface area contributed by atoms with E-state index in [9.17, 15) is 9.90 Å². The van der Waals surface area contributed by atoms with Gasteiger partial charge in [0.25, 0.3) is 0 Å². The van der Waals surface area contributed by atoms with Gasteiger partial charge in [0, 0.05) is 32.5 Å². The molecule has 4 nitrogen and oxygen atoms in total. The zero-order valence-corrected chi connectivity index (χ0v) is 19.4. The van der Waals surface area contributed by atoms with Crippen molar-refractivity contribution in [3.63, 3.8) is 0 Å². The Kier molecular flexibility index (Phi) is 7.26. The molecule has 1 saturated heterocycles. The summed E-state index contributed by atoms with van der Waals surface area (Å²) in [4.78, 5) is 14.8. The zero-order chi connectivity index (χ0) is 23.3. The lowest BCUT2D eigenvalue weighted by atomic mass is 9.84. The summed E-state index contributed by atoms with van der Waals surface area (Å²) in [7, 11) is 0. The second-order valence-corrected chi connectivity index (χ2v) is 9.40. The summed E-state index contributed by atoms with van der Waals surface area (Å²) in [5.74, 6) is 0.373. The van der Waals surface area contributed by atoms with Crippen LogP contribution in [0.15, 0.2) is 78.9 Å². The van der Waals surface area contributed by atoms with Crippen molar-refractivity contribution >= 4 is 5.91 Å². The van der Waals surface area contributed by atoms with Crippen LogP contribution < -0.4 is 5.73 Å². The fraction of sp³-hybridized carbons (Fsp3) is 0.345. The summed E-state index contributed by atoms with van der Waals surface area (Å²) in [6.45, 7) is 3.86. The van der Waals surface area contributed by atoms with Gasteiger partial charge in [0.1, 0.15) is 0 Å². The van der Waals surface area contributed by atoms with Gasteiger partial charge >= 0.3 is 0 Å². The Labute approximate surface area is 197 Å². The lowest BCUT2D eigenvalue weighted by molar-refractivity contribution is -0.135. The first kappa shape index (κ1) is 23.2. The number of nitrogens with two attached hydrogens (primary N) is 1. The Morgan fingerprint density at radius 1 is 0.939 bits per heavy atom. The van der Waals surface area contributed by atoms with Crippen molar-refractivity contribution < 1.29 is 9.90 Å². The van der Waals surface area contributed by atoms with Crippen molar-refractivity contribution in [2.75, 3.05) is 13.1 Å². The van der Waals surface area contributed by atoms with Crippen LogP contribution in [-0.2, 0) is 17.8 Å². The molecule has 1 heterocycles. The minimum atomic E-state index is -0.774. The molecular formula is C29H34N2O2. The van der Waals surface area contributed by atoms with E-state index in [0.29, 0.717) is 45.3 Å². The van der Waals surface area contributed by atoms with Crippen molar-refractivity contribution in [3.8, 4) is 11.1 Å². The lowest BCUT2D eigenvalue weighted by Crippen LogP contribution is -2.47. The number of hydrogen-bond donors (Lipinski definition) is 2. The van der Waals surface area contributed by atoms with E-state index in [-0.39, 0.29) is 11.8 Å². The maximum absolute atomic E-state index is 12.8. The molecule has 4 rings (SSSR count). The number of rotatable bonds is 7. The van der Waals surface area contributed by atoms with E-state index in [1.54, 1.807) is 0 Å². The predicted molar refractivity (Wildman–Crippen MR) is 134 cm³/mol. The van der Waals surface area contributed by atoms with Gasteiger partial charge in [-0.1, -0.05) is 85.8 Å². The van der Waals surface area contributed by atoms with E-state index in [2.05, 4.69) is 67.6 Å². The second kappa shape index (κ2) is 10.3. The molecular weight excluding hydrogens is 408 g/mol. The highest BCUT2D eigenvalue weighted by molar-refractivity contribution is 5.77. The molecule has 0 aliphatic carbocycles. The Balaban J connectivity index is 1.34. The summed E-state index contributed by atoms with van der Waals surface area (Å²) in [6.07, 6.45) is 2.32. The molecule has 4 heteroatoms. The van der Waals surface area contributed by atoms with Crippen LogP contribution in [0.3, 0.4) is 0 Å². The maximum Gasteiger partial charge on any atom is 0.223 e. The van der Waals surface area contributed by atoms with Crippen molar-refractivity contribution in [1.82, 2.24) is 4.90 Å². The minimum Gasteiger partial charge on any atom is -0.389 e. The molecule has 1 atom stereocenters. The summed E-state index contributed by atoms with van der Waals surface area (Å²) >= 11 is 0. The fourth-order valence-electron chi connectivity index (χ4n) is 4.71. The number of benzene rings is 3. The van der Waals surface area contributed by atoms with Gasteiger partial charge in [-0.25, -0.2) is 0 Å². The molecule has 1 fully saturated rings. The third-order valence-corrected chi connectivity index (χ3v) is 6.88. The highest BCUT2D eigenvalue weighted by Gasteiger charge is 2.34. The van der Waals surface area contributed by atoms with Gasteiger partial charge in [0.05, 0.1) is 5.60 Å². The summed E-state index contributed by atoms with van der Waals surface area (Å²) in [5.41, 5.74) is 10.6. The Morgan fingerprint density at radius 2 is 1.64 bits per heavy atom. The first-order valence-electron chi connectivity index (χ1n) is 11.9. The summed E-state index contributed by atoms with van der Waals surface area (Å²) in [5, 5.41) is 11.3. The second-order valence-electron chi connectivity index (χ2n) is 9.40. The molecule has 0 aromatic heterocycles. The largest absolute Gasteiger partial charge is 0.389 e. The summed E-state index contributed by atoms with van der Waals surface area (Å²) < 4.78 is 0. The van der Waals surface area contributed by atoms with Crippen molar-refractivity contribution in [3.05, 3.63) is 95.6 Å². The van der Waals surface area contributed by atoms with Crippen LogP contribution in [0.25, 0.3) is 11.1 Å². The molecule has 172 valence electrons. The quantitative estimate of drug-likeness (QED) is 0.547. The molecule has 0 bridgehead atoms. The fourth-order valence-corrected chi connectivity index (χ4v) is 4.71. The number of piperidine rings is 1. The zero-order valence-electron chi connectivity index (χ0n) is 19.4. The number of likely N-dealkylation sites (tertiary alicyclic amines) is 1. The third-order valence-electron chi connectivity index (χ3n) is 6.88. The van der Waals surface area contributed by atoms with E-state index in [0.717, 1.165) is 22.3 Å². The Morgan fingerprint density at radius 3 is 2.30 bits per heavy atom. The Hall–Kier alpha value is -2.95. The van der Waals surface area contributed by atoms with E-state index in [1.807, 2.05) is 23.1 Å². The number of carbonyl (C=O) groups excluding carboxylic acids is 1. The van der Waals surface area contributed by atoms with E-state index < -0.39 is 5.60 Å².